The number of hydrogen-bond acceptors (Lipinski definition) is 5. The maximum Gasteiger partial charge on any atom is 0.252 e. The number of pyridine rings is 1. The third-order valence-corrected chi connectivity index (χ3v) is 3.98. The van der Waals surface area contributed by atoms with E-state index >= 15 is 0 Å². The van der Waals surface area contributed by atoms with Crippen LogP contribution in [0.1, 0.15) is 10.4 Å². The molecule has 0 aliphatic carbocycles. The highest BCUT2D eigenvalue weighted by Gasteiger charge is 2.14. The Labute approximate surface area is 125 Å². The monoisotopic (exact) mass is 299 g/mol. The third-order valence-electron chi connectivity index (χ3n) is 2.96. The van der Waals surface area contributed by atoms with Crippen LogP contribution in [0.4, 0.5) is 5.69 Å². The van der Waals surface area contributed by atoms with Crippen molar-refractivity contribution in [3.63, 3.8) is 0 Å². The van der Waals surface area contributed by atoms with Crippen molar-refractivity contribution in [1.29, 1.82) is 0 Å². The Morgan fingerprint density at radius 2 is 2.14 bits per heavy atom. The summed E-state index contributed by atoms with van der Waals surface area (Å²) in [4.78, 5) is 12.7. The second-order valence-electron chi connectivity index (χ2n) is 4.35. The molecule has 0 aliphatic rings. The van der Waals surface area contributed by atoms with E-state index in [-0.39, 0.29) is 5.91 Å². The predicted molar refractivity (Wildman–Crippen MR) is 81.4 cm³/mol. The predicted octanol–water partition coefficient (Wildman–Crippen LogP) is 1.82. The lowest BCUT2D eigenvalue weighted by atomic mass is 10.2. The Balaban J connectivity index is 2.05. The smallest absolute Gasteiger partial charge is 0.252 e. The van der Waals surface area contributed by atoms with E-state index in [4.69, 9.17) is 5.73 Å². The lowest BCUT2D eigenvalue weighted by molar-refractivity contribution is 0.0960. The maximum absolute atomic E-state index is 11.9. The molecule has 106 valence electrons. The van der Waals surface area contributed by atoms with E-state index in [1.54, 1.807) is 25.2 Å². The van der Waals surface area contributed by atoms with Gasteiger partial charge in [0.15, 0.2) is 10.8 Å². The average molecular weight is 299 g/mol. The lowest BCUT2D eigenvalue weighted by Gasteiger charge is -2.08. The zero-order valence-electron chi connectivity index (χ0n) is 11.3. The van der Waals surface area contributed by atoms with Gasteiger partial charge in [-0.15, -0.1) is 10.2 Å². The molecule has 2 heterocycles. The van der Waals surface area contributed by atoms with Crippen LogP contribution in [0.2, 0.25) is 0 Å². The van der Waals surface area contributed by atoms with Gasteiger partial charge in [-0.25, -0.2) is 0 Å². The number of carbonyl (C=O) groups is 1. The Morgan fingerprint density at radius 3 is 2.95 bits per heavy atom. The molecule has 0 bridgehead atoms. The molecule has 3 N–H and O–H groups in total. The summed E-state index contributed by atoms with van der Waals surface area (Å²) in [5.74, 6) is -0.161. The van der Waals surface area contributed by atoms with Crippen molar-refractivity contribution in [3.05, 3.63) is 48.2 Å². The molecule has 0 saturated heterocycles. The minimum Gasteiger partial charge on any atom is -0.399 e. The highest BCUT2D eigenvalue weighted by molar-refractivity contribution is 7.99. The van der Waals surface area contributed by atoms with E-state index in [2.05, 4.69) is 15.5 Å². The average Bonchev–Trinajstić information content (AvgIpc) is 2.90. The number of carbonyl (C=O) groups excluding carboxylic acids is 1. The fraction of sp³-hybridized carbons (Fsp3) is 0.0714. The second-order valence-corrected chi connectivity index (χ2v) is 5.36. The van der Waals surface area contributed by atoms with Crippen LogP contribution >= 0.6 is 11.8 Å². The highest BCUT2D eigenvalue weighted by Crippen LogP contribution is 2.31. The summed E-state index contributed by atoms with van der Waals surface area (Å²) in [5, 5.41) is 11.5. The van der Waals surface area contributed by atoms with E-state index in [1.165, 1.54) is 11.8 Å². The molecule has 7 heteroatoms. The van der Waals surface area contributed by atoms with E-state index in [1.807, 2.05) is 28.8 Å². The molecule has 0 unspecified atom stereocenters. The largest absolute Gasteiger partial charge is 0.399 e. The van der Waals surface area contributed by atoms with E-state index in [0.29, 0.717) is 16.4 Å². The van der Waals surface area contributed by atoms with Gasteiger partial charge in [0.05, 0.1) is 5.56 Å². The van der Waals surface area contributed by atoms with Crippen LogP contribution in [0.5, 0.6) is 0 Å². The molecule has 1 amide bonds. The van der Waals surface area contributed by atoms with Gasteiger partial charge < -0.3 is 11.1 Å². The van der Waals surface area contributed by atoms with Gasteiger partial charge in [-0.3, -0.25) is 9.20 Å². The first-order valence-corrected chi connectivity index (χ1v) is 7.10. The summed E-state index contributed by atoms with van der Waals surface area (Å²) in [6.07, 6.45) is 1.88. The Kier molecular flexibility index (Phi) is 3.49. The quantitative estimate of drug-likeness (QED) is 0.721. The number of nitrogen functional groups attached to an aromatic ring is 1. The Morgan fingerprint density at radius 1 is 1.29 bits per heavy atom. The molecule has 0 fully saturated rings. The van der Waals surface area contributed by atoms with Gasteiger partial charge in [-0.1, -0.05) is 6.07 Å². The summed E-state index contributed by atoms with van der Waals surface area (Å²) in [7, 11) is 1.60. The molecule has 2 aromatic heterocycles. The number of nitrogens with one attached hydrogen (secondary N) is 1. The molecule has 3 rings (SSSR count). The Bertz CT molecular complexity index is 814. The van der Waals surface area contributed by atoms with Crippen molar-refractivity contribution in [2.45, 2.75) is 10.1 Å². The minimum atomic E-state index is -0.161. The molecule has 0 saturated carbocycles. The first-order chi connectivity index (χ1) is 10.2. The summed E-state index contributed by atoms with van der Waals surface area (Å²) in [6.45, 7) is 0. The van der Waals surface area contributed by atoms with E-state index in [9.17, 15) is 4.79 Å². The molecule has 1 aromatic carbocycles. The van der Waals surface area contributed by atoms with Gasteiger partial charge >= 0.3 is 0 Å². The lowest BCUT2D eigenvalue weighted by Crippen LogP contribution is -2.18. The normalized spacial score (nSPS) is 10.7. The van der Waals surface area contributed by atoms with Gasteiger partial charge in [0, 0.05) is 23.8 Å². The number of hydrogen-bond donors (Lipinski definition) is 2. The number of fused-ring (bicyclic) bond motifs is 1. The molecule has 0 radical (unpaired) electrons. The van der Waals surface area contributed by atoms with Gasteiger partial charge in [0.2, 0.25) is 0 Å². The zero-order valence-corrected chi connectivity index (χ0v) is 12.1. The van der Waals surface area contributed by atoms with Crippen molar-refractivity contribution in [1.82, 2.24) is 19.9 Å². The van der Waals surface area contributed by atoms with Crippen LogP contribution in [0.25, 0.3) is 5.65 Å². The van der Waals surface area contributed by atoms with E-state index in [0.717, 1.165) is 10.5 Å². The fourth-order valence-electron chi connectivity index (χ4n) is 1.93. The molecule has 6 nitrogen and oxygen atoms in total. The van der Waals surface area contributed by atoms with Crippen LogP contribution in [0, 0.1) is 0 Å². The number of aromatic nitrogens is 3. The number of nitrogens with two attached hydrogens (primary N) is 1. The molecule has 21 heavy (non-hydrogen) atoms. The molecule has 0 spiro atoms. The van der Waals surface area contributed by atoms with Gasteiger partial charge in [-0.2, -0.15) is 0 Å². The molecular formula is C14H13N5OS. The van der Waals surface area contributed by atoms with Crippen molar-refractivity contribution < 1.29 is 4.79 Å². The van der Waals surface area contributed by atoms with Crippen molar-refractivity contribution in [2.75, 3.05) is 12.8 Å². The maximum atomic E-state index is 11.9. The summed E-state index contributed by atoms with van der Waals surface area (Å²) in [6, 6.07) is 10.8. The second kappa shape index (κ2) is 5.45. The first kappa shape index (κ1) is 13.4. The molecular weight excluding hydrogens is 286 g/mol. The Hall–Kier alpha value is -2.54. The summed E-state index contributed by atoms with van der Waals surface area (Å²) >= 11 is 1.36. The topological polar surface area (TPSA) is 85.3 Å². The standard InChI is InChI=1S/C14H13N5OS/c1-16-13(20)10-6-5-9(15)8-11(10)21-14-18-17-12-4-2-3-7-19(12)14/h2-8H,15H2,1H3,(H,16,20). The SMILES string of the molecule is CNC(=O)c1ccc(N)cc1Sc1nnc2ccccn12. The minimum absolute atomic E-state index is 0.161. The molecule has 0 atom stereocenters. The van der Waals surface area contributed by atoms with Crippen molar-refractivity contribution in [2.24, 2.45) is 0 Å². The zero-order chi connectivity index (χ0) is 14.8. The highest BCUT2D eigenvalue weighted by atomic mass is 32.2. The van der Waals surface area contributed by atoms with Crippen molar-refractivity contribution in [3.8, 4) is 0 Å². The van der Waals surface area contributed by atoms with Crippen LogP contribution in [-0.2, 0) is 0 Å². The first-order valence-electron chi connectivity index (χ1n) is 6.28. The molecule has 0 aliphatic heterocycles. The van der Waals surface area contributed by atoms with Gasteiger partial charge in [0.1, 0.15) is 0 Å². The summed E-state index contributed by atoms with van der Waals surface area (Å²) < 4.78 is 1.86. The van der Waals surface area contributed by atoms with Crippen LogP contribution in [-0.4, -0.2) is 27.6 Å². The number of nitrogens with zero attached hydrogens (tertiary/aromatic N) is 3. The van der Waals surface area contributed by atoms with Crippen LogP contribution in [0.15, 0.2) is 52.6 Å². The number of rotatable bonds is 3. The summed E-state index contributed by atoms with van der Waals surface area (Å²) in [5.41, 5.74) is 7.73. The van der Waals surface area contributed by atoms with Crippen LogP contribution in [0.3, 0.4) is 0 Å². The number of amides is 1. The van der Waals surface area contributed by atoms with Crippen LogP contribution < -0.4 is 11.1 Å². The van der Waals surface area contributed by atoms with E-state index < -0.39 is 0 Å². The number of benzene rings is 1. The number of anilines is 1. The third kappa shape index (κ3) is 2.55. The van der Waals surface area contributed by atoms with Gasteiger partial charge in [0.25, 0.3) is 5.91 Å². The van der Waals surface area contributed by atoms with Crippen molar-refractivity contribution >= 4 is 29.0 Å². The molecule has 3 aromatic rings. The van der Waals surface area contributed by atoms with Gasteiger partial charge in [-0.05, 0) is 42.1 Å². The fourth-order valence-corrected chi connectivity index (χ4v) is 2.93.